The molecule has 142 valence electrons. The molecule has 0 N–H and O–H groups in total. The predicted octanol–water partition coefficient (Wildman–Crippen LogP) is 4.80. The summed E-state index contributed by atoms with van der Waals surface area (Å²) in [6.07, 6.45) is 0. The van der Waals surface area contributed by atoms with Gasteiger partial charge < -0.3 is 4.74 Å². The standard InChI is InChI=1S/C25H18FO2P/c26-20-17-15-19(16-18-20)25(27)28-23-13-7-8-14-24(23)29(21-9-3-1-4-10-21)22-11-5-2-6-12-22/h1-18H. The van der Waals surface area contributed by atoms with Crippen LogP contribution in [0.15, 0.2) is 109 Å². The van der Waals surface area contributed by atoms with Gasteiger partial charge in [-0.25, -0.2) is 9.18 Å². The molecule has 0 bridgehead atoms. The van der Waals surface area contributed by atoms with E-state index < -0.39 is 19.7 Å². The first-order valence-corrected chi connectivity index (χ1v) is 10.5. The van der Waals surface area contributed by atoms with Gasteiger partial charge in [0.05, 0.1) is 5.56 Å². The number of para-hydroxylation sites is 1. The van der Waals surface area contributed by atoms with Gasteiger partial charge in [0.1, 0.15) is 11.6 Å². The Morgan fingerprint density at radius 1 is 0.655 bits per heavy atom. The SMILES string of the molecule is O=C(Oc1ccccc1P(c1ccccc1)c1ccccc1)c1ccc(F)cc1. The van der Waals surface area contributed by atoms with Crippen molar-refractivity contribution in [2.75, 3.05) is 0 Å². The average Bonchev–Trinajstić information content (AvgIpc) is 2.77. The molecule has 0 saturated heterocycles. The molecule has 0 aliphatic rings. The molecular weight excluding hydrogens is 382 g/mol. The third kappa shape index (κ3) is 4.42. The topological polar surface area (TPSA) is 26.3 Å². The van der Waals surface area contributed by atoms with Crippen molar-refractivity contribution in [3.63, 3.8) is 0 Å². The van der Waals surface area contributed by atoms with Gasteiger partial charge in [-0.15, -0.1) is 0 Å². The quantitative estimate of drug-likeness (QED) is 0.273. The van der Waals surface area contributed by atoms with Gasteiger partial charge in [-0.1, -0.05) is 78.9 Å². The lowest BCUT2D eigenvalue weighted by molar-refractivity contribution is 0.0736. The fourth-order valence-electron chi connectivity index (χ4n) is 3.05. The lowest BCUT2D eigenvalue weighted by atomic mass is 10.2. The van der Waals surface area contributed by atoms with Crippen LogP contribution in [-0.2, 0) is 0 Å². The smallest absolute Gasteiger partial charge is 0.343 e. The van der Waals surface area contributed by atoms with Gasteiger partial charge in [-0.05, 0) is 48.9 Å². The van der Waals surface area contributed by atoms with Gasteiger partial charge in [0.25, 0.3) is 0 Å². The zero-order valence-electron chi connectivity index (χ0n) is 15.5. The minimum Gasteiger partial charge on any atom is -0.422 e. The van der Waals surface area contributed by atoms with E-state index in [4.69, 9.17) is 4.74 Å². The van der Waals surface area contributed by atoms with E-state index in [1.807, 2.05) is 54.6 Å². The Balaban J connectivity index is 1.75. The molecule has 0 unspecified atom stereocenters. The summed E-state index contributed by atoms with van der Waals surface area (Å²) in [5, 5.41) is 3.29. The molecule has 0 spiro atoms. The number of esters is 1. The molecule has 4 aromatic rings. The van der Waals surface area contributed by atoms with Crippen molar-refractivity contribution in [3.05, 3.63) is 121 Å². The number of carbonyl (C=O) groups is 1. The zero-order valence-corrected chi connectivity index (χ0v) is 16.4. The average molecular weight is 400 g/mol. The molecule has 4 rings (SSSR count). The molecule has 0 amide bonds. The van der Waals surface area contributed by atoms with Crippen LogP contribution in [0.2, 0.25) is 0 Å². The highest BCUT2D eigenvalue weighted by Gasteiger charge is 2.21. The molecule has 0 fully saturated rings. The number of halogens is 1. The van der Waals surface area contributed by atoms with Crippen LogP contribution in [0.25, 0.3) is 0 Å². The number of hydrogen-bond acceptors (Lipinski definition) is 2. The van der Waals surface area contributed by atoms with Crippen molar-refractivity contribution in [1.82, 2.24) is 0 Å². The Morgan fingerprint density at radius 3 is 1.76 bits per heavy atom. The summed E-state index contributed by atoms with van der Waals surface area (Å²) in [7, 11) is -0.909. The maximum absolute atomic E-state index is 13.2. The first-order chi connectivity index (χ1) is 14.2. The van der Waals surface area contributed by atoms with E-state index in [1.54, 1.807) is 6.07 Å². The Morgan fingerprint density at radius 2 is 1.17 bits per heavy atom. The highest BCUT2D eigenvalue weighted by Crippen LogP contribution is 2.36. The van der Waals surface area contributed by atoms with Crippen molar-refractivity contribution in [2.24, 2.45) is 0 Å². The van der Waals surface area contributed by atoms with E-state index in [9.17, 15) is 9.18 Å². The molecule has 2 nitrogen and oxygen atoms in total. The Hall–Kier alpha value is -3.29. The number of ether oxygens (including phenoxy) is 1. The van der Waals surface area contributed by atoms with Gasteiger partial charge in [0, 0.05) is 5.30 Å². The molecule has 4 heteroatoms. The van der Waals surface area contributed by atoms with Crippen LogP contribution in [0, 0.1) is 5.82 Å². The van der Waals surface area contributed by atoms with Gasteiger partial charge in [0.15, 0.2) is 0 Å². The molecule has 0 saturated carbocycles. The largest absolute Gasteiger partial charge is 0.422 e. The van der Waals surface area contributed by atoms with Crippen molar-refractivity contribution >= 4 is 29.8 Å². The highest BCUT2D eigenvalue weighted by atomic mass is 31.1. The van der Waals surface area contributed by atoms with Gasteiger partial charge in [-0.3, -0.25) is 0 Å². The van der Waals surface area contributed by atoms with Crippen LogP contribution in [0.3, 0.4) is 0 Å². The Labute approximate surface area is 170 Å². The monoisotopic (exact) mass is 400 g/mol. The van der Waals surface area contributed by atoms with Crippen molar-refractivity contribution in [2.45, 2.75) is 0 Å². The third-order valence-corrected chi connectivity index (χ3v) is 6.90. The second kappa shape index (κ2) is 8.81. The predicted molar refractivity (Wildman–Crippen MR) is 117 cm³/mol. The molecule has 0 aromatic heterocycles. The van der Waals surface area contributed by atoms with E-state index in [1.165, 1.54) is 34.9 Å². The second-order valence-electron chi connectivity index (χ2n) is 6.37. The fourth-order valence-corrected chi connectivity index (χ4v) is 5.43. The lowest BCUT2D eigenvalue weighted by Gasteiger charge is -2.21. The van der Waals surface area contributed by atoms with E-state index in [-0.39, 0.29) is 0 Å². The van der Waals surface area contributed by atoms with Crippen LogP contribution in [0.1, 0.15) is 10.4 Å². The number of benzene rings is 4. The minimum atomic E-state index is -0.909. The molecule has 4 aromatic carbocycles. The van der Waals surface area contributed by atoms with Crippen LogP contribution in [0.5, 0.6) is 5.75 Å². The summed E-state index contributed by atoms with van der Waals surface area (Å²) >= 11 is 0. The molecule has 0 aliphatic heterocycles. The van der Waals surface area contributed by atoms with E-state index in [0.717, 1.165) is 5.30 Å². The normalized spacial score (nSPS) is 10.7. The Bertz CT molecular complexity index is 1060. The summed E-state index contributed by atoms with van der Waals surface area (Å²) in [6, 6.07) is 33.4. The van der Waals surface area contributed by atoms with E-state index in [2.05, 4.69) is 24.3 Å². The maximum atomic E-state index is 13.2. The highest BCUT2D eigenvalue weighted by molar-refractivity contribution is 7.80. The third-order valence-electron chi connectivity index (χ3n) is 4.42. The summed E-state index contributed by atoms with van der Waals surface area (Å²) in [5.74, 6) is -0.382. The number of carbonyl (C=O) groups excluding carboxylic acids is 1. The summed E-state index contributed by atoms with van der Waals surface area (Å²) in [6.45, 7) is 0. The second-order valence-corrected chi connectivity index (χ2v) is 8.56. The maximum Gasteiger partial charge on any atom is 0.343 e. The minimum absolute atomic E-state index is 0.310. The number of rotatable bonds is 5. The summed E-state index contributed by atoms with van der Waals surface area (Å²) in [4.78, 5) is 12.6. The molecule has 0 aliphatic carbocycles. The summed E-state index contributed by atoms with van der Waals surface area (Å²) in [5.41, 5.74) is 0.310. The molecule has 0 heterocycles. The Kier molecular flexibility index (Phi) is 5.79. The van der Waals surface area contributed by atoms with Gasteiger partial charge >= 0.3 is 5.97 Å². The zero-order chi connectivity index (χ0) is 20.1. The van der Waals surface area contributed by atoms with Crippen molar-refractivity contribution < 1.29 is 13.9 Å². The molecule has 0 radical (unpaired) electrons. The fraction of sp³-hybridized carbons (Fsp3) is 0. The molecule has 0 atom stereocenters. The first-order valence-electron chi connectivity index (χ1n) is 9.19. The molecular formula is C25H18FO2P. The summed E-state index contributed by atoms with van der Waals surface area (Å²) < 4.78 is 18.9. The van der Waals surface area contributed by atoms with E-state index in [0.29, 0.717) is 11.3 Å². The van der Waals surface area contributed by atoms with E-state index >= 15 is 0 Å². The van der Waals surface area contributed by atoms with Gasteiger partial charge in [-0.2, -0.15) is 0 Å². The van der Waals surface area contributed by atoms with Crippen LogP contribution in [-0.4, -0.2) is 5.97 Å². The van der Waals surface area contributed by atoms with Crippen LogP contribution < -0.4 is 20.7 Å². The van der Waals surface area contributed by atoms with Crippen molar-refractivity contribution in [3.8, 4) is 5.75 Å². The number of hydrogen-bond donors (Lipinski definition) is 0. The molecule has 29 heavy (non-hydrogen) atoms. The van der Waals surface area contributed by atoms with Gasteiger partial charge in [0.2, 0.25) is 0 Å². The first kappa shape index (κ1) is 19.0. The van der Waals surface area contributed by atoms with Crippen LogP contribution in [0.4, 0.5) is 4.39 Å². The van der Waals surface area contributed by atoms with Crippen molar-refractivity contribution in [1.29, 1.82) is 0 Å². The van der Waals surface area contributed by atoms with Crippen LogP contribution >= 0.6 is 7.92 Å². The lowest BCUT2D eigenvalue weighted by Crippen LogP contribution is -2.23.